The quantitative estimate of drug-likeness (QED) is 0.607. The Hall–Kier alpha value is -1.40. The summed E-state index contributed by atoms with van der Waals surface area (Å²) < 4.78 is 23.2. The fraction of sp³-hybridized carbons (Fsp3) is 0.300. The van der Waals surface area contributed by atoms with E-state index in [0.29, 0.717) is 24.7 Å². The number of hydrogen-bond donors (Lipinski definition) is 2. The maximum absolute atomic E-state index is 13.0. The van der Waals surface area contributed by atoms with E-state index in [0.717, 1.165) is 0 Å². The zero-order chi connectivity index (χ0) is 12.0. The van der Waals surface area contributed by atoms with E-state index >= 15 is 0 Å². The third-order valence-electron chi connectivity index (χ3n) is 1.74. The van der Waals surface area contributed by atoms with Crippen LogP contribution in [0.4, 0.5) is 10.1 Å². The van der Waals surface area contributed by atoms with E-state index in [1.165, 1.54) is 18.2 Å². The molecule has 16 heavy (non-hydrogen) atoms. The second-order valence-corrected chi connectivity index (χ2v) is 3.41. The van der Waals surface area contributed by atoms with Crippen LogP contribution in [0.3, 0.4) is 0 Å². The van der Waals surface area contributed by atoms with Crippen LogP contribution in [0.1, 0.15) is 0 Å². The third kappa shape index (κ3) is 4.00. The van der Waals surface area contributed by atoms with Crippen molar-refractivity contribution in [2.24, 2.45) is 5.73 Å². The Balaban J connectivity index is 2.76. The predicted octanol–water partition coefficient (Wildman–Crippen LogP) is 1.51. The van der Waals surface area contributed by atoms with Gasteiger partial charge >= 0.3 is 0 Å². The second kappa shape index (κ2) is 6.24. The molecule has 0 radical (unpaired) electrons. The van der Waals surface area contributed by atoms with Gasteiger partial charge in [-0.25, -0.2) is 4.39 Å². The topological polar surface area (TPSA) is 56.5 Å². The summed E-state index contributed by atoms with van der Waals surface area (Å²) >= 11 is 4.68. The van der Waals surface area contributed by atoms with Crippen LogP contribution in [-0.2, 0) is 4.74 Å². The maximum Gasteiger partial charge on any atom is 0.168 e. The summed E-state index contributed by atoms with van der Waals surface area (Å²) in [5.74, 6) is 0.0871. The van der Waals surface area contributed by atoms with E-state index < -0.39 is 5.82 Å². The molecule has 0 saturated carbocycles. The van der Waals surface area contributed by atoms with Gasteiger partial charge in [0, 0.05) is 13.2 Å². The molecule has 0 saturated heterocycles. The van der Waals surface area contributed by atoms with Gasteiger partial charge in [-0.2, -0.15) is 0 Å². The van der Waals surface area contributed by atoms with Gasteiger partial charge < -0.3 is 20.5 Å². The summed E-state index contributed by atoms with van der Waals surface area (Å²) in [5, 5.41) is 2.70. The van der Waals surface area contributed by atoms with Crippen molar-refractivity contribution < 1.29 is 13.9 Å². The van der Waals surface area contributed by atoms with Crippen LogP contribution in [0.25, 0.3) is 0 Å². The molecule has 0 aromatic heterocycles. The van der Waals surface area contributed by atoms with Crippen LogP contribution < -0.4 is 15.8 Å². The molecule has 0 fully saturated rings. The standard InChI is InChI=1S/C10H13FN2O2S/c1-14-4-5-15-9-3-2-7(11)6-8(9)13-10(12)16/h2-3,6H,4-5H2,1H3,(H3,12,13,16). The fourth-order valence-electron chi connectivity index (χ4n) is 1.09. The molecular weight excluding hydrogens is 231 g/mol. The lowest BCUT2D eigenvalue weighted by Crippen LogP contribution is -2.19. The molecule has 0 bridgehead atoms. The highest BCUT2D eigenvalue weighted by atomic mass is 32.1. The molecule has 88 valence electrons. The summed E-state index contributed by atoms with van der Waals surface area (Å²) in [6.45, 7) is 0.817. The Morgan fingerprint density at radius 2 is 2.25 bits per heavy atom. The minimum atomic E-state index is -0.391. The predicted molar refractivity (Wildman–Crippen MR) is 64.2 cm³/mol. The summed E-state index contributed by atoms with van der Waals surface area (Å²) in [6, 6.07) is 4.07. The van der Waals surface area contributed by atoms with Crippen LogP contribution in [0.2, 0.25) is 0 Å². The Labute approximate surface area is 98.5 Å². The van der Waals surface area contributed by atoms with Gasteiger partial charge in [0.25, 0.3) is 0 Å². The van der Waals surface area contributed by atoms with Crippen molar-refractivity contribution in [2.75, 3.05) is 25.6 Å². The molecular formula is C10H13FN2O2S. The van der Waals surface area contributed by atoms with Crippen molar-refractivity contribution in [3.05, 3.63) is 24.0 Å². The van der Waals surface area contributed by atoms with Gasteiger partial charge in [-0.15, -0.1) is 0 Å². The number of thiocarbonyl (C=S) groups is 1. The molecule has 1 aromatic rings. The van der Waals surface area contributed by atoms with Gasteiger partial charge in [0.05, 0.1) is 12.3 Å². The highest BCUT2D eigenvalue weighted by Gasteiger charge is 2.05. The number of benzene rings is 1. The Kier molecular flexibility index (Phi) is 4.94. The molecule has 0 unspecified atom stereocenters. The molecule has 0 aliphatic heterocycles. The van der Waals surface area contributed by atoms with Gasteiger partial charge in [-0.05, 0) is 24.4 Å². The number of anilines is 1. The van der Waals surface area contributed by atoms with E-state index in [2.05, 4.69) is 17.5 Å². The number of hydrogen-bond acceptors (Lipinski definition) is 3. The molecule has 1 aromatic carbocycles. The molecule has 4 nitrogen and oxygen atoms in total. The van der Waals surface area contributed by atoms with Crippen molar-refractivity contribution in [3.63, 3.8) is 0 Å². The molecule has 0 amide bonds. The summed E-state index contributed by atoms with van der Waals surface area (Å²) in [7, 11) is 1.57. The number of ether oxygens (including phenoxy) is 2. The first-order valence-corrected chi connectivity index (χ1v) is 5.02. The molecule has 6 heteroatoms. The normalized spacial score (nSPS) is 9.88. The van der Waals surface area contributed by atoms with Gasteiger partial charge in [0.1, 0.15) is 18.2 Å². The van der Waals surface area contributed by atoms with E-state index in [1.807, 2.05) is 0 Å². The number of methoxy groups -OCH3 is 1. The third-order valence-corrected chi connectivity index (χ3v) is 1.85. The van der Waals surface area contributed by atoms with E-state index in [-0.39, 0.29) is 5.11 Å². The first-order chi connectivity index (χ1) is 7.63. The minimum absolute atomic E-state index is 0.0576. The fourth-order valence-corrected chi connectivity index (χ4v) is 1.20. The summed E-state index contributed by atoms with van der Waals surface area (Å²) in [4.78, 5) is 0. The molecule has 0 atom stereocenters. The molecule has 0 heterocycles. The van der Waals surface area contributed by atoms with E-state index in [4.69, 9.17) is 15.2 Å². The second-order valence-electron chi connectivity index (χ2n) is 2.97. The van der Waals surface area contributed by atoms with Crippen molar-refractivity contribution in [3.8, 4) is 5.75 Å². The first kappa shape index (κ1) is 12.7. The monoisotopic (exact) mass is 244 g/mol. The number of nitrogens with two attached hydrogens (primary N) is 1. The Bertz CT molecular complexity index is 374. The summed E-state index contributed by atoms with van der Waals surface area (Å²) in [5.41, 5.74) is 5.72. The lowest BCUT2D eigenvalue weighted by atomic mass is 10.3. The van der Waals surface area contributed by atoms with Gasteiger partial charge in [-0.3, -0.25) is 0 Å². The Morgan fingerprint density at radius 1 is 1.50 bits per heavy atom. The molecule has 3 N–H and O–H groups in total. The van der Waals surface area contributed by atoms with Crippen LogP contribution in [0.15, 0.2) is 18.2 Å². The molecule has 0 aliphatic carbocycles. The maximum atomic E-state index is 13.0. The molecule has 1 rings (SSSR count). The lowest BCUT2D eigenvalue weighted by Gasteiger charge is -2.12. The average Bonchev–Trinajstić information content (AvgIpc) is 2.20. The SMILES string of the molecule is COCCOc1ccc(F)cc1NC(N)=S. The number of rotatable bonds is 5. The highest BCUT2D eigenvalue weighted by Crippen LogP contribution is 2.25. The van der Waals surface area contributed by atoms with Gasteiger partial charge in [0.15, 0.2) is 5.11 Å². The zero-order valence-corrected chi connectivity index (χ0v) is 9.64. The zero-order valence-electron chi connectivity index (χ0n) is 8.83. The van der Waals surface area contributed by atoms with Crippen LogP contribution in [0, 0.1) is 5.82 Å². The summed E-state index contributed by atoms with van der Waals surface area (Å²) in [6.07, 6.45) is 0. The molecule has 0 aliphatic rings. The Morgan fingerprint density at radius 3 is 2.88 bits per heavy atom. The average molecular weight is 244 g/mol. The van der Waals surface area contributed by atoms with E-state index in [9.17, 15) is 4.39 Å². The smallest absolute Gasteiger partial charge is 0.168 e. The number of halogens is 1. The lowest BCUT2D eigenvalue weighted by molar-refractivity contribution is 0.146. The largest absolute Gasteiger partial charge is 0.489 e. The van der Waals surface area contributed by atoms with Crippen molar-refractivity contribution in [2.45, 2.75) is 0 Å². The first-order valence-electron chi connectivity index (χ1n) is 4.61. The van der Waals surface area contributed by atoms with Crippen molar-refractivity contribution >= 4 is 23.0 Å². The van der Waals surface area contributed by atoms with Crippen LogP contribution in [-0.4, -0.2) is 25.4 Å². The number of nitrogens with one attached hydrogen (secondary N) is 1. The van der Waals surface area contributed by atoms with E-state index in [1.54, 1.807) is 7.11 Å². The minimum Gasteiger partial charge on any atom is -0.489 e. The highest BCUT2D eigenvalue weighted by molar-refractivity contribution is 7.80. The van der Waals surface area contributed by atoms with Crippen molar-refractivity contribution in [1.82, 2.24) is 0 Å². The molecule has 0 spiro atoms. The van der Waals surface area contributed by atoms with Crippen LogP contribution in [0.5, 0.6) is 5.75 Å². The van der Waals surface area contributed by atoms with Gasteiger partial charge in [-0.1, -0.05) is 0 Å². The van der Waals surface area contributed by atoms with Crippen LogP contribution >= 0.6 is 12.2 Å². The van der Waals surface area contributed by atoms with Gasteiger partial charge in [0.2, 0.25) is 0 Å². The van der Waals surface area contributed by atoms with Crippen molar-refractivity contribution in [1.29, 1.82) is 0 Å².